The van der Waals surface area contributed by atoms with Crippen LogP contribution in [0.3, 0.4) is 0 Å². The molecule has 2 rings (SSSR count). The van der Waals surface area contributed by atoms with Crippen LogP contribution in [0.5, 0.6) is 0 Å². The third kappa shape index (κ3) is 6.55. The van der Waals surface area contributed by atoms with E-state index in [1.807, 2.05) is 18.7 Å². The average molecular weight is 389 g/mol. The Bertz CT molecular complexity index is 673. The Labute approximate surface area is 166 Å². The third-order valence-corrected chi connectivity index (χ3v) is 4.81. The van der Waals surface area contributed by atoms with Gasteiger partial charge in [0, 0.05) is 25.2 Å². The van der Waals surface area contributed by atoms with E-state index in [4.69, 9.17) is 4.74 Å². The summed E-state index contributed by atoms with van der Waals surface area (Å²) in [6, 6.07) is 6.87. The summed E-state index contributed by atoms with van der Waals surface area (Å²) < 4.78 is 5.21. The van der Waals surface area contributed by atoms with Gasteiger partial charge in [-0.25, -0.2) is 9.59 Å². The Morgan fingerprint density at radius 2 is 1.89 bits per heavy atom. The summed E-state index contributed by atoms with van der Waals surface area (Å²) in [5.74, 6) is -0.646. The molecule has 28 heavy (non-hydrogen) atoms. The monoisotopic (exact) mass is 389 g/mol. The van der Waals surface area contributed by atoms with Gasteiger partial charge in [-0.15, -0.1) is 0 Å². The lowest BCUT2D eigenvalue weighted by molar-refractivity contribution is -0.138. The number of carbonyl (C=O) groups excluding carboxylic acids is 3. The number of esters is 1. The Kier molecular flexibility index (Phi) is 8.29. The quantitative estimate of drug-likeness (QED) is 0.702. The summed E-state index contributed by atoms with van der Waals surface area (Å²) in [4.78, 5) is 38.0. The van der Waals surface area contributed by atoms with Crippen LogP contribution in [-0.2, 0) is 16.1 Å². The van der Waals surface area contributed by atoms with Crippen LogP contribution < -0.4 is 10.6 Å². The Hall–Kier alpha value is -2.57. The Morgan fingerprint density at radius 1 is 1.18 bits per heavy atom. The highest BCUT2D eigenvalue weighted by molar-refractivity contribution is 5.91. The van der Waals surface area contributed by atoms with Crippen molar-refractivity contribution < 1.29 is 19.1 Å². The van der Waals surface area contributed by atoms with Crippen molar-refractivity contribution in [2.24, 2.45) is 0 Å². The van der Waals surface area contributed by atoms with Crippen LogP contribution in [0, 0.1) is 0 Å². The fourth-order valence-corrected chi connectivity index (χ4v) is 3.30. The molecule has 0 saturated carbocycles. The van der Waals surface area contributed by atoms with Gasteiger partial charge in [0.1, 0.15) is 0 Å². The second-order valence-corrected chi connectivity index (χ2v) is 7.40. The molecule has 0 aliphatic carbocycles. The number of rotatable bonds is 7. The molecule has 0 spiro atoms. The van der Waals surface area contributed by atoms with Gasteiger partial charge >= 0.3 is 12.0 Å². The van der Waals surface area contributed by atoms with Crippen LogP contribution in [0.1, 0.15) is 62.4 Å². The average Bonchev–Trinajstić information content (AvgIpc) is 2.70. The van der Waals surface area contributed by atoms with Crippen molar-refractivity contribution in [3.8, 4) is 0 Å². The molecule has 1 fully saturated rings. The first-order chi connectivity index (χ1) is 13.4. The van der Waals surface area contributed by atoms with Crippen molar-refractivity contribution in [1.29, 1.82) is 0 Å². The van der Waals surface area contributed by atoms with Crippen LogP contribution in [0.25, 0.3) is 0 Å². The third-order valence-electron chi connectivity index (χ3n) is 4.81. The number of carbonyl (C=O) groups is 3. The summed E-state index contributed by atoms with van der Waals surface area (Å²) >= 11 is 0. The number of benzene rings is 1. The van der Waals surface area contributed by atoms with Crippen molar-refractivity contribution in [1.82, 2.24) is 15.5 Å². The van der Waals surface area contributed by atoms with Gasteiger partial charge in [0.15, 0.2) is 6.61 Å². The number of nitrogens with zero attached hydrogens (tertiary/aromatic N) is 1. The van der Waals surface area contributed by atoms with Crippen molar-refractivity contribution in [3.63, 3.8) is 0 Å². The molecule has 1 heterocycles. The van der Waals surface area contributed by atoms with Crippen molar-refractivity contribution in [3.05, 3.63) is 35.4 Å². The van der Waals surface area contributed by atoms with E-state index in [9.17, 15) is 14.4 Å². The Morgan fingerprint density at radius 3 is 2.54 bits per heavy atom. The van der Waals surface area contributed by atoms with Gasteiger partial charge in [-0.3, -0.25) is 4.79 Å². The lowest BCUT2D eigenvalue weighted by Gasteiger charge is -2.35. The number of amides is 3. The fraction of sp³-hybridized carbons (Fsp3) is 0.571. The minimum Gasteiger partial charge on any atom is -0.452 e. The standard InChI is InChI=1S/C21H31N3O4/c1-4-18-7-5-6-12-24(18)19(25)14-28-20(26)17-10-8-16(9-11-17)13-22-21(27)23-15(2)3/h8-11,15,18H,4-7,12-14H2,1-3H3,(H2,22,23,27)/t18-/m0/s1. The molecular formula is C21H31N3O4. The van der Waals surface area contributed by atoms with Crippen LogP contribution in [0.4, 0.5) is 4.79 Å². The van der Waals surface area contributed by atoms with E-state index in [2.05, 4.69) is 17.6 Å². The molecule has 1 saturated heterocycles. The molecule has 7 nitrogen and oxygen atoms in total. The maximum absolute atomic E-state index is 12.4. The molecule has 1 atom stereocenters. The normalized spacial score (nSPS) is 16.6. The van der Waals surface area contributed by atoms with Crippen molar-refractivity contribution >= 4 is 17.9 Å². The number of hydrogen-bond acceptors (Lipinski definition) is 4. The van der Waals surface area contributed by atoms with Crippen LogP contribution in [0.15, 0.2) is 24.3 Å². The van der Waals surface area contributed by atoms with Crippen molar-refractivity contribution in [2.75, 3.05) is 13.2 Å². The molecule has 0 unspecified atom stereocenters. The zero-order valence-corrected chi connectivity index (χ0v) is 17.0. The first kappa shape index (κ1) is 21.7. The number of hydrogen-bond donors (Lipinski definition) is 2. The van der Waals surface area contributed by atoms with E-state index < -0.39 is 5.97 Å². The SMILES string of the molecule is CC[C@H]1CCCCN1C(=O)COC(=O)c1ccc(CNC(=O)NC(C)C)cc1. The van der Waals surface area contributed by atoms with E-state index >= 15 is 0 Å². The van der Waals surface area contributed by atoms with Gasteiger partial charge in [-0.1, -0.05) is 19.1 Å². The molecule has 3 amide bonds. The highest BCUT2D eigenvalue weighted by atomic mass is 16.5. The minimum atomic E-state index is -0.518. The maximum Gasteiger partial charge on any atom is 0.338 e. The highest BCUT2D eigenvalue weighted by Gasteiger charge is 2.26. The van der Waals surface area contributed by atoms with Crippen molar-refractivity contribution in [2.45, 2.75) is 65.1 Å². The van der Waals surface area contributed by atoms with Crippen LogP contribution >= 0.6 is 0 Å². The van der Waals surface area contributed by atoms with E-state index in [1.165, 1.54) is 0 Å². The number of likely N-dealkylation sites (tertiary alicyclic amines) is 1. The van der Waals surface area contributed by atoms with Gasteiger partial charge in [0.05, 0.1) is 5.56 Å². The zero-order chi connectivity index (χ0) is 20.5. The maximum atomic E-state index is 12.4. The summed E-state index contributed by atoms with van der Waals surface area (Å²) in [5, 5.41) is 5.49. The van der Waals surface area contributed by atoms with Crippen LogP contribution in [-0.4, -0.2) is 48.0 Å². The molecule has 2 N–H and O–H groups in total. The molecule has 1 aliphatic heterocycles. The van der Waals surface area contributed by atoms with Gasteiger partial charge in [-0.05, 0) is 57.2 Å². The topological polar surface area (TPSA) is 87.7 Å². The summed E-state index contributed by atoms with van der Waals surface area (Å²) in [5.41, 5.74) is 1.25. The fourth-order valence-electron chi connectivity index (χ4n) is 3.30. The second-order valence-electron chi connectivity index (χ2n) is 7.40. The number of ether oxygens (including phenoxy) is 1. The van der Waals surface area contributed by atoms with E-state index in [1.54, 1.807) is 24.3 Å². The molecule has 7 heteroatoms. The van der Waals surface area contributed by atoms with E-state index in [0.29, 0.717) is 12.1 Å². The minimum absolute atomic E-state index is 0.0670. The summed E-state index contributed by atoms with van der Waals surface area (Å²) in [6.45, 7) is 6.72. The first-order valence-electron chi connectivity index (χ1n) is 10.0. The van der Waals surface area contributed by atoms with E-state index in [-0.39, 0.29) is 30.6 Å². The van der Waals surface area contributed by atoms with Gasteiger partial charge in [-0.2, -0.15) is 0 Å². The molecule has 1 aromatic carbocycles. The highest BCUT2D eigenvalue weighted by Crippen LogP contribution is 2.19. The summed E-state index contributed by atoms with van der Waals surface area (Å²) in [6.07, 6.45) is 4.08. The van der Waals surface area contributed by atoms with Gasteiger partial charge in [0.25, 0.3) is 5.91 Å². The first-order valence-corrected chi connectivity index (χ1v) is 10.0. The molecule has 0 bridgehead atoms. The molecule has 0 radical (unpaired) electrons. The molecule has 1 aromatic rings. The van der Waals surface area contributed by atoms with Crippen LogP contribution in [0.2, 0.25) is 0 Å². The smallest absolute Gasteiger partial charge is 0.338 e. The van der Waals surface area contributed by atoms with Gasteiger partial charge < -0.3 is 20.3 Å². The predicted octanol–water partition coefficient (Wildman–Crippen LogP) is 2.84. The largest absolute Gasteiger partial charge is 0.452 e. The lowest BCUT2D eigenvalue weighted by atomic mass is 10.00. The molecular weight excluding hydrogens is 358 g/mol. The van der Waals surface area contributed by atoms with E-state index in [0.717, 1.165) is 37.8 Å². The number of piperidine rings is 1. The predicted molar refractivity (Wildman–Crippen MR) is 107 cm³/mol. The number of nitrogens with one attached hydrogen (secondary N) is 2. The summed E-state index contributed by atoms with van der Waals surface area (Å²) in [7, 11) is 0. The molecule has 1 aliphatic rings. The lowest BCUT2D eigenvalue weighted by Crippen LogP contribution is -2.45. The Balaban J connectivity index is 1.80. The zero-order valence-electron chi connectivity index (χ0n) is 17.0. The molecule has 0 aromatic heterocycles. The molecule has 154 valence electrons. The second kappa shape index (κ2) is 10.7. The van der Waals surface area contributed by atoms with Gasteiger partial charge in [0.2, 0.25) is 0 Å². The number of urea groups is 1.